The average molecular weight is 286 g/mol. The van der Waals surface area contributed by atoms with Gasteiger partial charge in [0.15, 0.2) is 0 Å². The molecule has 0 aliphatic carbocycles. The molecule has 0 aromatic carbocycles. The molecular formula is C16H30O4. The van der Waals surface area contributed by atoms with Crippen molar-refractivity contribution >= 4 is 11.9 Å². The molecule has 0 bridgehead atoms. The number of hydrogen-bond donors (Lipinski definition) is 2. The molecule has 0 rings (SSSR count). The molecule has 0 aromatic rings. The fraction of sp³-hybridized carbons (Fsp3) is 0.875. The van der Waals surface area contributed by atoms with Gasteiger partial charge in [0, 0.05) is 12.8 Å². The Labute approximate surface area is 122 Å². The summed E-state index contributed by atoms with van der Waals surface area (Å²) >= 11 is 0. The summed E-state index contributed by atoms with van der Waals surface area (Å²) in [6, 6.07) is 0. The highest BCUT2D eigenvalue weighted by Crippen LogP contribution is 2.24. The van der Waals surface area contributed by atoms with Gasteiger partial charge < -0.3 is 10.2 Å². The first-order chi connectivity index (χ1) is 9.43. The van der Waals surface area contributed by atoms with Crippen molar-refractivity contribution < 1.29 is 19.8 Å². The Bertz CT molecular complexity index is 274. The number of carbonyl (C=O) groups is 2. The summed E-state index contributed by atoms with van der Waals surface area (Å²) in [5.41, 5.74) is 0. The third-order valence-corrected chi connectivity index (χ3v) is 3.89. The first-order valence-corrected chi connectivity index (χ1v) is 7.87. The first-order valence-electron chi connectivity index (χ1n) is 7.87. The monoisotopic (exact) mass is 286 g/mol. The molecule has 1 unspecified atom stereocenters. The Balaban J connectivity index is 3.53. The molecule has 0 saturated heterocycles. The summed E-state index contributed by atoms with van der Waals surface area (Å²) < 4.78 is 0. The van der Waals surface area contributed by atoms with E-state index in [2.05, 4.69) is 13.8 Å². The first kappa shape index (κ1) is 18.9. The van der Waals surface area contributed by atoms with Crippen molar-refractivity contribution in [3.63, 3.8) is 0 Å². The lowest BCUT2D eigenvalue weighted by Crippen LogP contribution is -2.11. The second kappa shape index (κ2) is 11.7. The van der Waals surface area contributed by atoms with E-state index in [1.165, 1.54) is 6.42 Å². The van der Waals surface area contributed by atoms with Gasteiger partial charge in [-0.1, -0.05) is 52.4 Å². The van der Waals surface area contributed by atoms with E-state index in [1.54, 1.807) is 0 Å². The normalized spacial score (nSPS) is 12.6. The van der Waals surface area contributed by atoms with Crippen LogP contribution in [-0.2, 0) is 9.59 Å². The van der Waals surface area contributed by atoms with E-state index in [-0.39, 0.29) is 12.8 Å². The highest BCUT2D eigenvalue weighted by Gasteiger charge is 2.14. The number of carboxylic acids is 2. The van der Waals surface area contributed by atoms with Crippen LogP contribution in [0.5, 0.6) is 0 Å². The van der Waals surface area contributed by atoms with Crippen molar-refractivity contribution in [3.05, 3.63) is 0 Å². The Morgan fingerprint density at radius 2 is 1.25 bits per heavy atom. The third kappa shape index (κ3) is 12.0. The van der Waals surface area contributed by atoms with Crippen LogP contribution < -0.4 is 0 Å². The zero-order valence-electron chi connectivity index (χ0n) is 12.9. The van der Waals surface area contributed by atoms with Gasteiger partial charge in [-0.05, 0) is 24.7 Å². The smallest absolute Gasteiger partial charge is 0.303 e. The Kier molecular flexibility index (Phi) is 11.1. The van der Waals surface area contributed by atoms with Gasteiger partial charge in [-0.3, -0.25) is 9.59 Å². The zero-order chi connectivity index (χ0) is 15.4. The molecule has 0 amide bonds. The number of hydrogen-bond acceptors (Lipinski definition) is 2. The van der Waals surface area contributed by atoms with E-state index >= 15 is 0 Å². The van der Waals surface area contributed by atoms with E-state index in [4.69, 9.17) is 10.2 Å². The Morgan fingerprint density at radius 3 is 1.75 bits per heavy atom. The summed E-state index contributed by atoms with van der Waals surface area (Å²) in [5.74, 6) is -0.347. The van der Waals surface area contributed by atoms with Gasteiger partial charge in [0.25, 0.3) is 0 Å². The van der Waals surface area contributed by atoms with Gasteiger partial charge in [0.05, 0.1) is 0 Å². The topological polar surface area (TPSA) is 74.6 Å². The molecule has 4 heteroatoms. The highest BCUT2D eigenvalue weighted by molar-refractivity contribution is 5.66. The molecule has 0 radical (unpaired) electrons. The molecule has 0 fully saturated rings. The summed E-state index contributed by atoms with van der Waals surface area (Å²) in [7, 11) is 0. The Hall–Kier alpha value is -1.06. The SMILES string of the molecule is CC(C)C(CCCCCCCCC(=O)O)CCC(=O)O. The fourth-order valence-corrected chi connectivity index (χ4v) is 2.51. The van der Waals surface area contributed by atoms with Crippen LogP contribution in [-0.4, -0.2) is 22.2 Å². The van der Waals surface area contributed by atoms with Crippen molar-refractivity contribution in [2.75, 3.05) is 0 Å². The molecule has 1 atom stereocenters. The van der Waals surface area contributed by atoms with E-state index in [0.29, 0.717) is 11.8 Å². The Morgan fingerprint density at radius 1 is 0.750 bits per heavy atom. The van der Waals surface area contributed by atoms with Gasteiger partial charge in [0.2, 0.25) is 0 Å². The summed E-state index contributed by atoms with van der Waals surface area (Å²) in [6.07, 6.45) is 8.82. The third-order valence-electron chi connectivity index (χ3n) is 3.89. The van der Waals surface area contributed by atoms with Crippen LogP contribution in [0, 0.1) is 11.8 Å². The number of aliphatic carboxylic acids is 2. The van der Waals surface area contributed by atoms with Crippen LogP contribution in [0.1, 0.15) is 78.1 Å². The van der Waals surface area contributed by atoms with Gasteiger partial charge >= 0.3 is 11.9 Å². The standard InChI is InChI=1S/C16H30O4/c1-13(2)14(11-12-16(19)20)9-7-5-3-4-6-8-10-15(17)18/h13-14H,3-12H2,1-2H3,(H,17,18)(H,19,20). The minimum absolute atomic E-state index is 0.276. The molecule has 0 aromatic heterocycles. The van der Waals surface area contributed by atoms with Crippen molar-refractivity contribution in [1.29, 1.82) is 0 Å². The van der Waals surface area contributed by atoms with E-state index in [0.717, 1.165) is 44.9 Å². The van der Waals surface area contributed by atoms with E-state index < -0.39 is 11.9 Å². The maximum Gasteiger partial charge on any atom is 0.303 e. The van der Waals surface area contributed by atoms with Crippen LogP contribution in [0.4, 0.5) is 0 Å². The zero-order valence-corrected chi connectivity index (χ0v) is 12.9. The lowest BCUT2D eigenvalue weighted by Gasteiger charge is -2.19. The van der Waals surface area contributed by atoms with Crippen LogP contribution >= 0.6 is 0 Å². The molecule has 4 nitrogen and oxygen atoms in total. The van der Waals surface area contributed by atoms with Gasteiger partial charge in [0.1, 0.15) is 0 Å². The largest absolute Gasteiger partial charge is 0.481 e. The van der Waals surface area contributed by atoms with Crippen LogP contribution in [0.15, 0.2) is 0 Å². The average Bonchev–Trinajstić information content (AvgIpc) is 2.34. The number of unbranched alkanes of at least 4 members (excludes halogenated alkanes) is 5. The summed E-state index contributed by atoms with van der Waals surface area (Å²) in [5, 5.41) is 17.2. The second-order valence-corrected chi connectivity index (χ2v) is 5.99. The van der Waals surface area contributed by atoms with Gasteiger partial charge in [-0.25, -0.2) is 0 Å². The fourth-order valence-electron chi connectivity index (χ4n) is 2.51. The predicted octanol–water partition coefficient (Wildman–Crippen LogP) is 4.33. The van der Waals surface area contributed by atoms with Gasteiger partial charge in [-0.2, -0.15) is 0 Å². The van der Waals surface area contributed by atoms with E-state index in [1.807, 2.05) is 0 Å². The van der Waals surface area contributed by atoms with Gasteiger partial charge in [-0.15, -0.1) is 0 Å². The lowest BCUT2D eigenvalue weighted by atomic mass is 9.86. The quantitative estimate of drug-likeness (QED) is 0.494. The molecule has 20 heavy (non-hydrogen) atoms. The summed E-state index contributed by atoms with van der Waals surface area (Å²) in [6.45, 7) is 4.33. The molecule has 2 N–H and O–H groups in total. The number of rotatable bonds is 13. The molecule has 118 valence electrons. The molecule has 0 heterocycles. The predicted molar refractivity (Wildman–Crippen MR) is 79.8 cm³/mol. The van der Waals surface area contributed by atoms with Crippen LogP contribution in [0.3, 0.4) is 0 Å². The van der Waals surface area contributed by atoms with Crippen molar-refractivity contribution in [2.24, 2.45) is 11.8 Å². The van der Waals surface area contributed by atoms with Crippen molar-refractivity contribution in [2.45, 2.75) is 78.1 Å². The van der Waals surface area contributed by atoms with Crippen molar-refractivity contribution in [3.8, 4) is 0 Å². The second-order valence-electron chi connectivity index (χ2n) is 5.99. The number of carboxylic acid groups (broad SMARTS) is 2. The maximum absolute atomic E-state index is 10.6. The molecule has 0 spiro atoms. The van der Waals surface area contributed by atoms with E-state index in [9.17, 15) is 9.59 Å². The minimum atomic E-state index is -0.705. The maximum atomic E-state index is 10.6. The molecule has 0 aliphatic heterocycles. The van der Waals surface area contributed by atoms with Crippen molar-refractivity contribution in [1.82, 2.24) is 0 Å². The molecular weight excluding hydrogens is 256 g/mol. The highest BCUT2D eigenvalue weighted by atomic mass is 16.4. The minimum Gasteiger partial charge on any atom is -0.481 e. The molecule has 0 saturated carbocycles. The van der Waals surface area contributed by atoms with Crippen LogP contribution in [0.25, 0.3) is 0 Å². The lowest BCUT2D eigenvalue weighted by molar-refractivity contribution is -0.138. The molecule has 0 aliphatic rings. The summed E-state index contributed by atoms with van der Waals surface area (Å²) in [4.78, 5) is 21.0. The van der Waals surface area contributed by atoms with Crippen LogP contribution in [0.2, 0.25) is 0 Å².